The molecule has 0 spiro atoms. The molecule has 2 heterocycles. The maximum atomic E-state index is 6.01. The van der Waals surface area contributed by atoms with Crippen LogP contribution in [0.5, 0.6) is 0 Å². The quantitative estimate of drug-likeness (QED) is 0.679. The molecule has 0 aromatic carbocycles. The highest BCUT2D eigenvalue weighted by molar-refractivity contribution is 6.33. The lowest BCUT2D eigenvalue weighted by Gasteiger charge is -1.92. The van der Waals surface area contributed by atoms with Crippen LogP contribution in [0.3, 0.4) is 0 Å². The monoisotopic (exact) mass is 192 g/mol. The van der Waals surface area contributed by atoms with Crippen molar-refractivity contribution < 1.29 is 0 Å². The van der Waals surface area contributed by atoms with E-state index in [1.54, 1.807) is 0 Å². The van der Waals surface area contributed by atoms with Crippen LogP contribution in [0, 0.1) is 0 Å². The van der Waals surface area contributed by atoms with Gasteiger partial charge in [-0.2, -0.15) is 0 Å². The number of nitrogens with zero attached hydrogens (tertiary/aromatic N) is 2. The summed E-state index contributed by atoms with van der Waals surface area (Å²) in [5.41, 5.74) is 2.07. The maximum Gasteiger partial charge on any atom is 0.155 e. The first-order chi connectivity index (χ1) is 6.34. The Hall–Kier alpha value is -1.02. The largest absolute Gasteiger partial charge is 0.306 e. The molecule has 0 bridgehead atoms. The van der Waals surface area contributed by atoms with Crippen molar-refractivity contribution in [3.8, 4) is 0 Å². The SMILES string of the molecule is Clc1cccn2cc(C3CC3)nc12. The number of hydrogen-bond acceptors (Lipinski definition) is 1. The minimum atomic E-state index is 0.691. The van der Waals surface area contributed by atoms with Crippen molar-refractivity contribution >= 4 is 17.2 Å². The van der Waals surface area contributed by atoms with Gasteiger partial charge in [-0.05, 0) is 25.0 Å². The minimum Gasteiger partial charge on any atom is -0.306 e. The highest BCUT2D eigenvalue weighted by atomic mass is 35.5. The first-order valence-corrected chi connectivity index (χ1v) is 4.85. The second-order valence-corrected chi connectivity index (χ2v) is 3.93. The van der Waals surface area contributed by atoms with E-state index in [1.165, 1.54) is 18.5 Å². The van der Waals surface area contributed by atoms with E-state index in [1.807, 2.05) is 22.7 Å². The lowest BCUT2D eigenvalue weighted by Crippen LogP contribution is -1.80. The van der Waals surface area contributed by atoms with E-state index >= 15 is 0 Å². The van der Waals surface area contributed by atoms with Crippen LogP contribution in [0.4, 0.5) is 0 Å². The molecule has 1 saturated carbocycles. The molecule has 2 nitrogen and oxygen atoms in total. The van der Waals surface area contributed by atoms with Gasteiger partial charge < -0.3 is 4.40 Å². The smallest absolute Gasteiger partial charge is 0.155 e. The van der Waals surface area contributed by atoms with Gasteiger partial charge in [0.1, 0.15) is 0 Å². The number of hydrogen-bond donors (Lipinski definition) is 0. The highest BCUT2D eigenvalue weighted by Gasteiger charge is 2.26. The van der Waals surface area contributed by atoms with Gasteiger partial charge in [0, 0.05) is 18.3 Å². The Bertz CT molecular complexity index is 457. The standard InChI is InChI=1S/C10H9ClN2/c11-8-2-1-5-13-6-9(7-3-4-7)12-10(8)13/h1-2,5-7H,3-4H2. The second-order valence-electron chi connectivity index (χ2n) is 3.53. The minimum absolute atomic E-state index is 0.691. The van der Waals surface area contributed by atoms with Crippen LogP contribution < -0.4 is 0 Å². The molecule has 1 aliphatic rings. The second kappa shape index (κ2) is 2.48. The van der Waals surface area contributed by atoms with E-state index in [9.17, 15) is 0 Å². The first kappa shape index (κ1) is 7.39. The Labute approximate surface area is 81.2 Å². The van der Waals surface area contributed by atoms with E-state index in [4.69, 9.17) is 11.6 Å². The summed E-state index contributed by atoms with van der Waals surface area (Å²) in [7, 11) is 0. The van der Waals surface area contributed by atoms with E-state index in [0.717, 1.165) is 10.7 Å². The average molecular weight is 193 g/mol. The van der Waals surface area contributed by atoms with Gasteiger partial charge in [-0.3, -0.25) is 0 Å². The number of pyridine rings is 1. The summed E-state index contributed by atoms with van der Waals surface area (Å²) in [6.07, 6.45) is 6.63. The van der Waals surface area contributed by atoms with Crippen molar-refractivity contribution in [3.63, 3.8) is 0 Å². The summed E-state index contributed by atoms with van der Waals surface area (Å²) in [4.78, 5) is 4.51. The van der Waals surface area contributed by atoms with Gasteiger partial charge in [-0.15, -0.1) is 0 Å². The molecular weight excluding hydrogens is 184 g/mol. The average Bonchev–Trinajstić information content (AvgIpc) is 2.87. The van der Waals surface area contributed by atoms with Crippen molar-refractivity contribution in [1.82, 2.24) is 9.38 Å². The van der Waals surface area contributed by atoms with Crippen LogP contribution in [0.15, 0.2) is 24.5 Å². The fraction of sp³-hybridized carbons (Fsp3) is 0.300. The van der Waals surface area contributed by atoms with E-state index < -0.39 is 0 Å². The summed E-state index contributed by atoms with van der Waals surface area (Å²) in [5.74, 6) is 0.691. The van der Waals surface area contributed by atoms with Crippen molar-refractivity contribution in [2.45, 2.75) is 18.8 Å². The molecule has 0 aliphatic heterocycles. The van der Waals surface area contributed by atoms with Crippen molar-refractivity contribution in [2.24, 2.45) is 0 Å². The van der Waals surface area contributed by atoms with Gasteiger partial charge in [0.15, 0.2) is 5.65 Å². The Morgan fingerprint density at radius 1 is 1.46 bits per heavy atom. The third-order valence-corrected chi connectivity index (χ3v) is 2.74. The molecule has 0 unspecified atom stereocenters. The van der Waals surface area contributed by atoms with E-state index in [0.29, 0.717) is 5.92 Å². The third kappa shape index (κ3) is 1.13. The van der Waals surface area contributed by atoms with Crippen LogP contribution >= 0.6 is 11.6 Å². The molecule has 0 radical (unpaired) electrons. The van der Waals surface area contributed by atoms with Gasteiger partial charge >= 0.3 is 0 Å². The molecule has 0 N–H and O–H groups in total. The number of halogens is 1. The number of aromatic nitrogens is 2. The fourth-order valence-electron chi connectivity index (χ4n) is 1.57. The summed E-state index contributed by atoms with van der Waals surface area (Å²) < 4.78 is 2.00. The van der Waals surface area contributed by atoms with Crippen LogP contribution in [0.2, 0.25) is 5.02 Å². The molecule has 1 aliphatic carbocycles. The highest BCUT2D eigenvalue weighted by Crippen LogP contribution is 2.39. The molecule has 3 rings (SSSR count). The van der Waals surface area contributed by atoms with Gasteiger partial charge in [0.25, 0.3) is 0 Å². The zero-order chi connectivity index (χ0) is 8.84. The molecule has 0 saturated heterocycles. The number of imidazole rings is 1. The molecule has 0 amide bonds. The third-order valence-electron chi connectivity index (χ3n) is 2.45. The summed E-state index contributed by atoms with van der Waals surface area (Å²) >= 11 is 6.01. The normalized spacial score (nSPS) is 16.7. The molecule has 3 heteroatoms. The Morgan fingerprint density at radius 2 is 2.31 bits per heavy atom. The Balaban J connectivity index is 2.26. The van der Waals surface area contributed by atoms with Gasteiger partial charge in [0.05, 0.1) is 10.7 Å². The van der Waals surface area contributed by atoms with Gasteiger partial charge in [-0.1, -0.05) is 11.6 Å². The van der Waals surface area contributed by atoms with E-state index in [2.05, 4.69) is 11.2 Å². The summed E-state index contributed by atoms with van der Waals surface area (Å²) in [5, 5.41) is 0.731. The van der Waals surface area contributed by atoms with Crippen molar-refractivity contribution in [3.05, 3.63) is 35.2 Å². The predicted molar refractivity (Wildman–Crippen MR) is 52.2 cm³/mol. The maximum absolute atomic E-state index is 6.01. The fourth-order valence-corrected chi connectivity index (χ4v) is 1.79. The molecule has 13 heavy (non-hydrogen) atoms. The zero-order valence-electron chi connectivity index (χ0n) is 7.07. The van der Waals surface area contributed by atoms with Crippen LogP contribution in [0.25, 0.3) is 5.65 Å². The lowest BCUT2D eigenvalue weighted by atomic mass is 10.3. The summed E-state index contributed by atoms with van der Waals surface area (Å²) in [6.45, 7) is 0. The molecule has 2 aromatic heterocycles. The lowest BCUT2D eigenvalue weighted by molar-refractivity contribution is 1.06. The predicted octanol–water partition coefficient (Wildman–Crippen LogP) is 2.87. The van der Waals surface area contributed by atoms with Crippen molar-refractivity contribution in [2.75, 3.05) is 0 Å². The topological polar surface area (TPSA) is 17.3 Å². The number of fused-ring (bicyclic) bond motifs is 1. The van der Waals surface area contributed by atoms with Gasteiger partial charge in [0.2, 0.25) is 0 Å². The molecule has 2 aromatic rings. The molecule has 66 valence electrons. The Kier molecular flexibility index (Phi) is 1.41. The summed E-state index contributed by atoms with van der Waals surface area (Å²) in [6, 6.07) is 3.81. The van der Waals surface area contributed by atoms with Crippen LogP contribution in [0.1, 0.15) is 24.5 Å². The number of rotatable bonds is 1. The zero-order valence-corrected chi connectivity index (χ0v) is 7.83. The first-order valence-electron chi connectivity index (χ1n) is 4.48. The van der Waals surface area contributed by atoms with Crippen LogP contribution in [-0.4, -0.2) is 9.38 Å². The van der Waals surface area contributed by atoms with Crippen molar-refractivity contribution in [1.29, 1.82) is 0 Å². The molecule has 1 fully saturated rings. The molecule has 0 atom stereocenters. The Morgan fingerprint density at radius 3 is 3.00 bits per heavy atom. The van der Waals surface area contributed by atoms with Gasteiger partial charge in [-0.25, -0.2) is 4.98 Å². The van der Waals surface area contributed by atoms with E-state index in [-0.39, 0.29) is 0 Å². The van der Waals surface area contributed by atoms with Crippen LogP contribution in [-0.2, 0) is 0 Å². The molecular formula is C10H9ClN2.